The van der Waals surface area contributed by atoms with Crippen LogP contribution in [0.2, 0.25) is 0 Å². The van der Waals surface area contributed by atoms with Gasteiger partial charge in [-0.3, -0.25) is 0 Å². The summed E-state index contributed by atoms with van der Waals surface area (Å²) in [5, 5.41) is 3.05. The quantitative estimate of drug-likeness (QED) is 0.817. The third-order valence-corrected chi connectivity index (χ3v) is 3.79. The largest absolute Gasteiger partial charge is 0.335 e. The number of thiazole rings is 1. The molecule has 0 atom stereocenters. The average molecular weight is 239 g/mol. The van der Waals surface area contributed by atoms with E-state index < -0.39 is 0 Å². The second-order valence-electron chi connectivity index (χ2n) is 4.01. The molecule has 2 aromatic heterocycles. The van der Waals surface area contributed by atoms with E-state index in [1.807, 2.05) is 24.7 Å². The van der Waals surface area contributed by atoms with Gasteiger partial charge in [0.25, 0.3) is 0 Å². The van der Waals surface area contributed by atoms with Crippen LogP contribution in [-0.2, 0) is 5.54 Å². The minimum absolute atomic E-state index is 0.185. The molecule has 0 spiro atoms. The van der Waals surface area contributed by atoms with Crippen molar-refractivity contribution in [2.45, 2.75) is 26.3 Å². The van der Waals surface area contributed by atoms with Gasteiger partial charge in [-0.05, 0) is 33.0 Å². The summed E-state index contributed by atoms with van der Waals surface area (Å²) in [5.41, 5.74) is 0.889. The van der Waals surface area contributed by atoms with Gasteiger partial charge in [0, 0.05) is 23.5 Å². The molecule has 0 saturated heterocycles. The van der Waals surface area contributed by atoms with Gasteiger partial charge in [-0.15, -0.1) is 11.3 Å². The number of aryl methyl sites for hydroxylation is 1. The first-order valence-electron chi connectivity index (χ1n) is 4.70. The zero-order chi connectivity index (χ0) is 11.1. The topological polar surface area (TPSA) is 33.6 Å². The van der Waals surface area contributed by atoms with Crippen LogP contribution in [0.5, 0.6) is 0 Å². The molecule has 80 valence electrons. The van der Waals surface area contributed by atoms with Gasteiger partial charge in [0.15, 0.2) is 4.77 Å². The van der Waals surface area contributed by atoms with Crippen molar-refractivity contribution in [3.8, 4) is 0 Å². The lowest BCUT2D eigenvalue weighted by Crippen LogP contribution is -2.26. The smallest absolute Gasteiger partial charge is 0.178 e. The van der Waals surface area contributed by atoms with Crippen LogP contribution in [0.4, 0.5) is 0 Å². The molecule has 0 radical (unpaired) electrons. The monoisotopic (exact) mass is 239 g/mol. The van der Waals surface area contributed by atoms with E-state index in [2.05, 4.69) is 28.4 Å². The molecule has 5 heteroatoms. The summed E-state index contributed by atoms with van der Waals surface area (Å²) >= 11 is 6.93. The van der Waals surface area contributed by atoms with Gasteiger partial charge in [0.05, 0.1) is 5.54 Å². The SMILES string of the molecule is Cc1cn(C(C)(C)c2nccs2)c(=S)[nH]1. The highest BCUT2D eigenvalue weighted by atomic mass is 32.1. The van der Waals surface area contributed by atoms with Crippen LogP contribution >= 0.6 is 23.6 Å². The third kappa shape index (κ3) is 1.77. The Kier molecular flexibility index (Phi) is 2.52. The molecule has 0 saturated carbocycles. The van der Waals surface area contributed by atoms with Crippen LogP contribution in [0.15, 0.2) is 17.8 Å². The summed E-state index contributed by atoms with van der Waals surface area (Å²) < 4.78 is 2.80. The molecular formula is C10H13N3S2. The highest BCUT2D eigenvalue weighted by molar-refractivity contribution is 7.71. The van der Waals surface area contributed by atoms with Gasteiger partial charge in [0.1, 0.15) is 5.01 Å². The molecule has 0 aliphatic heterocycles. The van der Waals surface area contributed by atoms with Gasteiger partial charge in [-0.1, -0.05) is 0 Å². The second kappa shape index (κ2) is 3.57. The Labute approximate surface area is 97.8 Å². The fourth-order valence-corrected chi connectivity index (χ4v) is 2.76. The fourth-order valence-electron chi connectivity index (χ4n) is 1.56. The van der Waals surface area contributed by atoms with E-state index in [-0.39, 0.29) is 5.54 Å². The van der Waals surface area contributed by atoms with E-state index in [9.17, 15) is 0 Å². The van der Waals surface area contributed by atoms with Crippen molar-refractivity contribution >= 4 is 23.6 Å². The van der Waals surface area contributed by atoms with Crippen molar-refractivity contribution in [2.75, 3.05) is 0 Å². The molecule has 2 heterocycles. The normalized spacial score (nSPS) is 11.9. The van der Waals surface area contributed by atoms with E-state index in [1.165, 1.54) is 0 Å². The Balaban J connectivity index is 2.55. The average Bonchev–Trinajstić information content (AvgIpc) is 2.74. The fraction of sp³-hybridized carbons (Fsp3) is 0.400. The highest BCUT2D eigenvalue weighted by Crippen LogP contribution is 2.27. The van der Waals surface area contributed by atoms with E-state index in [1.54, 1.807) is 11.3 Å². The molecule has 2 aromatic rings. The third-order valence-electron chi connectivity index (χ3n) is 2.40. The van der Waals surface area contributed by atoms with Crippen molar-refractivity contribution in [3.05, 3.63) is 33.2 Å². The summed E-state index contributed by atoms with van der Waals surface area (Å²) in [7, 11) is 0. The van der Waals surface area contributed by atoms with Crippen LogP contribution in [0.3, 0.4) is 0 Å². The zero-order valence-electron chi connectivity index (χ0n) is 8.94. The van der Waals surface area contributed by atoms with Crippen molar-refractivity contribution in [2.24, 2.45) is 0 Å². The number of H-pyrrole nitrogens is 1. The maximum absolute atomic E-state index is 5.28. The summed E-state index contributed by atoms with van der Waals surface area (Å²) in [5.74, 6) is 0. The molecule has 0 fully saturated rings. The van der Waals surface area contributed by atoms with Crippen molar-refractivity contribution in [3.63, 3.8) is 0 Å². The molecule has 0 amide bonds. The van der Waals surface area contributed by atoms with Gasteiger partial charge in [0.2, 0.25) is 0 Å². The van der Waals surface area contributed by atoms with E-state index in [0.29, 0.717) is 0 Å². The minimum Gasteiger partial charge on any atom is -0.335 e. The zero-order valence-corrected chi connectivity index (χ0v) is 10.6. The molecule has 15 heavy (non-hydrogen) atoms. The molecule has 0 aromatic carbocycles. The maximum Gasteiger partial charge on any atom is 0.178 e. The van der Waals surface area contributed by atoms with Crippen LogP contribution < -0.4 is 0 Å². The first kappa shape index (κ1) is 10.6. The molecule has 0 unspecified atom stereocenters. The molecular weight excluding hydrogens is 226 g/mol. The molecule has 3 nitrogen and oxygen atoms in total. The lowest BCUT2D eigenvalue weighted by Gasteiger charge is -2.23. The number of aromatic amines is 1. The van der Waals surface area contributed by atoms with E-state index in [4.69, 9.17) is 12.2 Å². The Hall–Kier alpha value is -0.940. The van der Waals surface area contributed by atoms with E-state index in [0.717, 1.165) is 15.5 Å². The second-order valence-corrected chi connectivity index (χ2v) is 5.29. The number of hydrogen-bond acceptors (Lipinski definition) is 3. The Morgan fingerprint density at radius 1 is 1.53 bits per heavy atom. The minimum atomic E-state index is -0.185. The standard InChI is InChI=1S/C10H13N3S2/c1-7-6-13(9(14)12-7)10(2,3)8-11-4-5-15-8/h4-6H,1-3H3,(H,12,14). The maximum atomic E-state index is 5.28. The van der Waals surface area contributed by atoms with Crippen molar-refractivity contribution < 1.29 is 0 Å². The van der Waals surface area contributed by atoms with Crippen LogP contribution in [0.1, 0.15) is 24.5 Å². The van der Waals surface area contributed by atoms with Gasteiger partial charge >= 0.3 is 0 Å². The van der Waals surface area contributed by atoms with Gasteiger partial charge < -0.3 is 9.55 Å². The summed E-state index contributed by atoms with van der Waals surface area (Å²) in [6.07, 6.45) is 3.86. The number of rotatable bonds is 2. The highest BCUT2D eigenvalue weighted by Gasteiger charge is 2.26. The van der Waals surface area contributed by atoms with Crippen LogP contribution in [0.25, 0.3) is 0 Å². The summed E-state index contributed by atoms with van der Waals surface area (Å²) in [4.78, 5) is 7.48. The number of nitrogens with zero attached hydrogens (tertiary/aromatic N) is 2. The Morgan fingerprint density at radius 3 is 2.73 bits per heavy atom. The Morgan fingerprint density at radius 2 is 2.27 bits per heavy atom. The lowest BCUT2D eigenvalue weighted by molar-refractivity contribution is 0.428. The molecule has 0 bridgehead atoms. The molecule has 0 aliphatic rings. The summed E-state index contributed by atoms with van der Waals surface area (Å²) in [6, 6.07) is 0. The predicted octanol–water partition coefficient (Wildman–Crippen LogP) is 3.09. The van der Waals surface area contributed by atoms with Crippen LogP contribution in [-0.4, -0.2) is 14.5 Å². The number of imidazole rings is 1. The number of hydrogen-bond donors (Lipinski definition) is 1. The lowest BCUT2D eigenvalue weighted by atomic mass is 10.1. The van der Waals surface area contributed by atoms with Crippen LogP contribution in [0, 0.1) is 11.7 Å². The van der Waals surface area contributed by atoms with Gasteiger partial charge in [-0.2, -0.15) is 0 Å². The summed E-state index contributed by atoms with van der Waals surface area (Å²) in [6.45, 7) is 6.24. The van der Waals surface area contributed by atoms with E-state index >= 15 is 0 Å². The predicted molar refractivity (Wildman–Crippen MR) is 64.9 cm³/mol. The number of nitrogens with one attached hydrogen (secondary N) is 1. The van der Waals surface area contributed by atoms with Gasteiger partial charge in [-0.25, -0.2) is 4.98 Å². The molecule has 0 aliphatic carbocycles. The number of aromatic nitrogens is 3. The van der Waals surface area contributed by atoms with Crippen molar-refractivity contribution in [1.82, 2.24) is 14.5 Å². The first-order valence-corrected chi connectivity index (χ1v) is 5.99. The first-order chi connectivity index (χ1) is 7.01. The molecule has 2 rings (SSSR count). The Bertz CT molecular complexity index is 505. The van der Waals surface area contributed by atoms with Crippen molar-refractivity contribution in [1.29, 1.82) is 0 Å². The molecule has 1 N–H and O–H groups in total.